The Kier molecular flexibility index (Phi) is 4.45. The number of aryl methyl sites for hydroxylation is 2. The van der Waals surface area contributed by atoms with E-state index in [9.17, 15) is 5.11 Å². The van der Waals surface area contributed by atoms with Crippen molar-refractivity contribution >= 4 is 11.3 Å². The molecule has 102 valence electrons. The minimum absolute atomic E-state index is 0.177. The Bertz CT molecular complexity index is 544. The van der Waals surface area contributed by atoms with Gasteiger partial charge in [-0.05, 0) is 43.2 Å². The number of ether oxygens (including phenoxy) is 1. The number of phenols is 1. The average Bonchev–Trinajstić information content (AvgIpc) is 2.71. The summed E-state index contributed by atoms with van der Waals surface area (Å²) < 4.78 is 5.09. The molecule has 0 bridgehead atoms. The highest BCUT2D eigenvalue weighted by Crippen LogP contribution is 2.26. The monoisotopic (exact) mass is 277 g/mol. The van der Waals surface area contributed by atoms with Gasteiger partial charge in [-0.2, -0.15) is 0 Å². The SMILES string of the molecule is COc1cc(CNCc2cc(C)c(C)s2)ccc1O. The molecule has 4 heteroatoms. The number of methoxy groups -OCH3 is 1. The maximum Gasteiger partial charge on any atom is 0.160 e. The van der Waals surface area contributed by atoms with E-state index in [1.165, 1.54) is 15.3 Å². The van der Waals surface area contributed by atoms with Crippen molar-refractivity contribution < 1.29 is 9.84 Å². The molecule has 0 amide bonds. The molecule has 1 aromatic carbocycles. The number of hydrogen-bond donors (Lipinski definition) is 2. The van der Waals surface area contributed by atoms with Crippen LogP contribution in [0.1, 0.15) is 20.9 Å². The molecule has 2 rings (SSSR count). The van der Waals surface area contributed by atoms with Gasteiger partial charge in [0.25, 0.3) is 0 Å². The van der Waals surface area contributed by atoms with Crippen LogP contribution in [0.2, 0.25) is 0 Å². The number of phenolic OH excluding ortho intramolecular Hbond substituents is 1. The van der Waals surface area contributed by atoms with Gasteiger partial charge in [-0.15, -0.1) is 11.3 Å². The van der Waals surface area contributed by atoms with Crippen molar-refractivity contribution in [1.29, 1.82) is 0 Å². The molecule has 0 spiro atoms. The van der Waals surface area contributed by atoms with E-state index in [0.29, 0.717) is 5.75 Å². The van der Waals surface area contributed by atoms with Crippen LogP contribution >= 0.6 is 11.3 Å². The van der Waals surface area contributed by atoms with Gasteiger partial charge >= 0.3 is 0 Å². The molecular formula is C15H19NO2S. The topological polar surface area (TPSA) is 41.5 Å². The highest BCUT2D eigenvalue weighted by molar-refractivity contribution is 7.12. The lowest BCUT2D eigenvalue weighted by Gasteiger charge is -2.07. The van der Waals surface area contributed by atoms with Crippen LogP contribution in [0.4, 0.5) is 0 Å². The van der Waals surface area contributed by atoms with E-state index in [4.69, 9.17) is 4.74 Å². The van der Waals surface area contributed by atoms with E-state index in [1.807, 2.05) is 23.5 Å². The first kappa shape index (κ1) is 13.9. The first-order chi connectivity index (χ1) is 9.10. The molecule has 0 aliphatic carbocycles. The standard InChI is InChI=1S/C15H19NO2S/c1-10-6-13(19-11(10)2)9-16-8-12-4-5-14(17)15(7-12)18-3/h4-7,16-17H,8-9H2,1-3H3. The maximum atomic E-state index is 9.53. The lowest BCUT2D eigenvalue weighted by molar-refractivity contribution is 0.373. The normalized spacial score (nSPS) is 10.7. The summed E-state index contributed by atoms with van der Waals surface area (Å²) in [5, 5.41) is 12.9. The van der Waals surface area contributed by atoms with Crippen molar-refractivity contribution in [2.45, 2.75) is 26.9 Å². The second-order valence-corrected chi connectivity index (χ2v) is 5.90. The quantitative estimate of drug-likeness (QED) is 0.880. The summed E-state index contributed by atoms with van der Waals surface area (Å²) in [4.78, 5) is 2.73. The second kappa shape index (κ2) is 6.08. The lowest BCUT2D eigenvalue weighted by atomic mass is 10.2. The van der Waals surface area contributed by atoms with Crippen molar-refractivity contribution in [3.05, 3.63) is 45.1 Å². The van der Waals surface area contributed by atoms with Gasteiger partial charge in [-0.3, -0.25) is 0 Å². The van der Waals surface area contributed by atoms with E-state index in [1.54, 1.807) is 13.2 Å². The zero-order valence-corrected chi connectivity index (χ0v) is 12.3. The Hall–Kier alpha value is -1.52. The molecule has 0 unspecified atom stereocenters. The summed E-state index contributed by atoms with van der Waals surface area (Å²) in [6, 6.07) is 7.64. The molecule has 0 saturated heterocycles. The number of rotatable bonds is 5. The smallest absolute Gasteiger partial charge is 0.160 e. The zero-order chi connectivity index (χ0) is 13.8. The molecule has 1 heterocycles. The Balaban J connectivity index is 1.92. The zero-order valence-electron chi connectivity index (χ0n) is 11.5. The Morgan fingerprint density at radius 1 is 1.21 bits per heavy atom. The summed E-state index contributed by atoms with van der Waals surface area (Å²) >= 11 is 1.83. The molecule has 0 saturated carbocycles. The third-order valence-corrected chi connectivity index (χ3v) is 4.24. The van der Waals surface area contributed by atoms with E-state index < -0.39 is 0 Å². The van der Waals surface area contributed by atoms with E-state index >= 15 is 0 Å². The van der Waals surface area contributed by atoms with Crippen LogP contribution < -0.4 is 10.1 Å². The van der Waals surface area contributed by atoms with Crippen LogP contribution in [0.15, 0.2) is 24.3 Å². The van der Waals surface area contributed by atoms with E-state index in [0.717, 1.165) is 18.7 Å². The van der Waals surface area contributed by atoms with Gasteiger partial charge in [0.1, 0.15) is 0 Å². The van der Waals surface area contributed by atoms with E-state index in [2.05, 4.69) is 25.2 Å². The van der Waals surface area contributed by atoms with Crippen molar-refractivity contribution in [2.24, 2.45) is 0 Å². The molecule has 0 fully saturated rings. The predicted octanol–water partition coefficient (Wildman–Crippen LogP) is 3.37. The molecule has 0 atom stereocenters. The van der Waals surface area contributed by atoms with Crippen LogP contribution in [-0.2, 0) is 13.1 Å². The van der Waals surface area contributed by atoms with Gasteiger partial charge in [0.2, 0.25) is 0 Å². The third kappa shape index (κ3) is 3.49. The van der Waals surface area contributed by atoms with Crippen LogP contribution in [0.5, 0.6) is 11.5 Å². The summed E-state index contributed by atoms with van der Waals surface area (Å²) in [6.45, 7) is 5.91. The second-order valence-electron chi connectivity index (χ2n) is 4.56. The molecule has 2 aromatic rings. The Morgan fingerprint density at radius 2 is 2.00 bits per heavy atom. The van der Waals surface area contributed by atoms with Gasteiger partial charge in [-0.1, -0.05) is 6.07 Å². The van der Waals surface area contributed by atoms with Gasteiger partial charge in [0, 0.05) is 22.8 Å². The fraction of sp³-hybridized carbons (Fsp3) is 0.333. The average molecular weight is 277 g/mol. The highest BCUT2D eigenvalue weighted by Gasteiger charge is 2.04. The Labute approximate surface area is 117 Å². The largest absolute Gasteiger partial charge is 0.504 e. The molecular weight excluding hydrogens is 258 g/mol. The van der Waals surface area contributed by atoms with Crippen LogP contribution in [0.25, 0.3) is 0 Å². The van der Waals surface area contributed by atoms with Crippen LogP contribution in [0, 0.1) is 13.8 Å². The van der Waals surface area contributed by atoms with Crippen molar-refractivity contribution in [2.75, 3.05) is 7.11 Å². The molecule has 1 aromatic heterocycles. The van der Waals surface area contributed by atoms with Crippen molar-refractivity contribution in [1.82, 2.24) is 5.32 Å². The van der Waals surface area contributed by atoms with Crippen molar-refractivity contribution in [3.63, 3.8) is 0 Å². The molecule has 0 aliphatic heterocycles. The number of aromatic hydroxyl groups is 1. The highest BCUT2D eigenvalue weighted by atomic mass is 32.1. The lowest BCUT2D eigenvalue weighted by Crippen LogP contribution is -2.11. The van der Waals surface area contributed by atoms with Gasteiger partial charge in [-0.25, -0.2) is 0 Å². The molecule has 19 heavy (non-hydrogen) atoms. The van der Waals surface area contributed by atoms with E-state index in [-0.39, 0.29) is 5.75 Å². The maximum absolute atomic E-state index is 9.53. The van der Waals surface area contributed by atoms with Crippen molar-refractivity contribution in [3.8, 4) is 11.5 Å². The number of hydrogen-bond acceptors (Lipinski definition) is 4. The first-order valence-electron chi connectivity index (χ1n) is 6.22. The van der Waals surface area contributed by atoms with Crippen LogP contribution in [0.3, 0.4) is 0 Å². The summed E-state index contributed by atoms with van der Waals surface area (Å²) in [5.41, 5.74) is 2.45. The summed E-state index contributed by atoms with van der Waals surface area (Å²) in [5.74, 6) is 0.692. The third-order valence-electron chi connectivity index (χ3n) is 3.09. The predicted molar refractivity (Wildman–Crippen MR) is 79.0 cm³/mol. The van der Waals surface area contributed by atoms with Gasteiger partial charge in [0.05, 0.1) is 7.11 Å². The minimum atomic E-state index is 0.177. The molecule has 2 N–H and O–H groups in total. The molecule has 0 radical (unpaired) electrons. The molecule has 3 nitrogen and oxygen atoms in total. The minimum Gasteiger partial charge on any atom is -0.504 e. The first-order valence-corrected chi connectivity index (χ1v) is 7.04. The Morgan fingerprint density at radius 3 is 2.63 bits per heavy atom. The summed E-state index contributed by atoms with van der Waals surface area (Å²) in [6.07, 6.45) is 0. The summed E-state index contributed by atoms with van der Waals surface area (Å²) in [7, 11) is 1.56. The molecule has 0 aliphatic rings. The van der Waals surface area contributed by atoms with Gasteiger partial charge < -0.3 is 15.2 Å². The fourth-order valence-corrected chi connectivity index (χ4v) is 2.92. The van der Waals surface area contributed by atoms with Crippen LogP contribution in [-0.4, -0.2) is 12.2 Å². The number of nitrogens with one attached hydrogen (secondary N) is 1. The number of thiophene rings is 1. The van der Waals surface area contributed by atoms with Gasteiger partial charge in [0.15, 0.2) is 11.5 Å². The fourth-order valence-electron chi connectivity index (χ4n) is 1.90. The number of benzene rings is 1.